The van der Waals surface area contributed by atoms with Crippen LogP contribution in [-0.2, 0) is 9.53 Å². The van der Waals surface area contributed by atoms with Gasteiger partial charge in [-0.3, -0.25) is 4.79 Å². The molecule has 31 heavy (non-hydrogen) atoms. The topological polar surface area (TPSA) is 87.0 Å². The fourth-order valence-electron chi connectivity index (χ4n) is 9.26. The highest BCUT2D eigenvalue weighted by molar-refractivity contribution is 5.69. The second-order valence-electron chi connectivity index (χ2n) is 12.3. The second kappa shape index (κ2) is 7.99. The molecule has 4 aliphatic carbocycles. The van der Waals surface area contributed by atoms with E-state index in [0.29, 0.717) is 30.1 Å². The van der Waals surface area contributed by atoms with Crippen LogP contribution in [0.25, 0.3) is 0 Å². The van der Waals surface area contributed by atoms with E-state index in [1.807, 2.05) is 0 Å². The summed E-state index contributed by atoms with van der Waals surface area (Å²) >= 11 is 0. The molecule has 178 valence electrons. The van der Waals surface area contributed by atoms with Crippen LogP contribution in [0.1, 0.15) is 85.5 Å². The van der Waals surface area contributed by atoms with Crippen molar-refractivity contribution in [2.24, 2.45) is 45.8 Å². The number of methoxy groups -OCH3 is 1. The fourth-order valence-corrected chi connectivity index (χ4v) is 9.26. The number of esters is 1. The predicted molar refractivity (Wildman–Crippen MR) is 119 cm³/mol. The number of aliphatic hydroxyl groups is 3. The van der Waals surface area contributed by atoms with Crippen LogP contribution in [0, 0.1) is 45.8 Å². The van der Waals surface area contributed by atoms with Gasteiger partial charge in [0.2, 0.25) is 0 Å². The SMILES string of the molecule is COC(=O)CC[C@@H](C)[C@H]1CC[C@@]2(C)[C@@H]3[C@H](O)C[C@@H]4C[C@H](O)CC[C@]4(C)[C@H]3C[C@H](O)[C@]12C. The lowest BCUT2D eigenvalue weighted by molar-refractivity contribution is -0.240. The quantitative estimate of drug-likeness (QED) is 0.581. The van der Waals surface area contributed by atoms with Crippen molar-refractivity contribution < 1.29 is 24.9 Å². The lowest BCUT2D eigenvalue weighted by atomic mass is 9.39. The van der Waals surface area contributed by atoms with Crippen molar-refractivity contribution in [1.82, 2.24) is 0 Å². The summed E-state index contributed by atoms with van der Waals surface area (Å²) in [4.78, 5) is 11.7. The normalized spacial score (nSPS) is 52.6. The zero-order valence-electron chi connectivity index (χ0n) is 20.1. The summed E-state index contributed by atoms with van der Waals surface area (Å²) in [7, 11) is 1.44. The molecule has 0 unspecified atom stereocenters. The number of carbonyl (C=O) groups excluding carboxylic acids is 1. The molecule has 0 bridgehead atoms. The van der Waals surface area contributed by atoms with Gasteiger partial charge in [0, 0.05) is 11.8 Å². The third-order valence-electron chi connectivity index (χ3n) is 11.3. The van der Waals surface area contributed by atoms with Gasteiger partial charge in [0.05, 0.1) is 25.4 Å². The van der Waals surface area contributed by atoms with E-state index in [4.69, 9.17) is 4.74 Å². The summed E-state index contributed by atoms with van der Waals surface area (Å²) in [6.07, 6.45) is 6.39. The van der Waals surface area contributed by atoms with Gasteiger partial charge in [-0.05, 0) is 91.8 Å². The smallest absolute Gasteiger partial charge is 0.305 e. The molecule has 4 saturated carbocycles. The highest BCUT2D eigenvalue weighted by Crippen LogP contribution is 2.73. The van der Waals surface area contributed by atoms with Crippen LogP contribution in [0.5, 0.6) is 0 Å². The Kier molecular flexibility index (Phi) is 6.06. The summed E-state index contributed by atoms with van der Waals surface area (Å²) in [6.45, 7) is 9.20. The van der Waals surface area contributed by atoms with E-state index in [-0.39, 0.29) is 40.3 Å². The molecule has 0 aromatic carbocycles. The van der Waals surface area contributed by atoms with Crippen molar-refractivity contribution in [3.63, 3.8) is 0 Å². The molecule has 4 fully saturated rings. The number of fused-ring (bicyclic) bond motifs is 5. The zero-order valence-corrected chi connectivity index (χ0v) is 20.1. The van der Waals surface area contributed by atoms with E-state index < -0.39 is 6.10 Å². The first-order valence-electron chi connectivity index (χ1n) is 12.6. The van der Waals surface area contributed by atoms with Gasteiger partial charge >= 0.3 is 5.97 Å². The number of rotatable bonds is 4. The number of hydrogen-bond acceptors (Lipinski definition) is 5. The lowest BCUT2D eigenvalue weighted by Gasteiger charge is -2.67. The molecule has 0 amide bonds. The zero-order chi connectivity index (χ0) is 22.8. The Hall–Kier alpha value is -0.650. The van der Waals surface area contributed by atoms with Gasteiger partial charge in [-0.2, -0.15) is 0 Å². The van der Waals surface area contributed by atoms with Crippen LogP contribution in [0.2, 0.25) is 0 Å². The molecular formula is C26H44O5. The van der Waals surface area contributed by atoms with Gasteiger partial charge < -0.3 is 20.1 Å². The first-order valence-corrected chi connectivity index (χ1v) is 12.6. The molecule has 0 aliphatic heterocycles. The summed E-state index contributed by atoms with van der Waals surface area (Å²) in [6, 6.07) is 0. The number of hydrogen-bond donors (Lipinski definition) is 3. The van der Waals surface area contributed by atoms with Crippen LogP contribution in [0.4, 0.5) is 0 Å². The minimum atomic E-state index is -0.401. The van der Waals surface area contributed by atoms with Crippen LogP contribution < -0.4 is 0 Å². The minimum Gasteiger partial charge on any atom is -0.469 e. The van der Waals surface area contributed by atoms with Crippen LogP contribution in [0.15, 0.2) is 0 Å². The van der Waals surface area contributed by atoms with Crippen LogP contribution >= 0.6 is 0 Å². The molecule has 0 radical (unpaired) electrons. The molecule has 0 spiro atoms. The van der Waals surface area contributed by atoms with Crippen molar-refractivity contribution in [1.29, 1.82) is 0 Å². The van der Waals surface area contributed by atoms with Gasteiger partial charge in [0.15, 0.2) is 0 Å². The van der Waals surface area contributed by atoms with E-state index >= 15 is 0 Å². The Morgan fingerprint density at radius 2 is 1.77 bits per heavy atom. The average molecular weight is 437 g/mol. The molecule has 11 atom stereocenters. The van der Waals surface area contributed by atoms with E-state index in [1.54, 1.807) is 0 Å². The molecule has 3 N–H and O–H groups in total. The van der Waals surface area contributed by atoms with Crippen LogP contribution in [-0.4, -0.2) is 46.7 Å². The average Bonchev–Trinajstić information content (AvgIpc) is 3.00. The Morgan fingerprint density at radius 3 is 2.45 bits per heavy atom. The van der Waals surface area contributed by atoms with Gasteiger partial charge in [-0.1, -0.05) is 27.7 Å². The molecule has 0 aromatic heterocycles. The Labute approximate surface area is 187 Å². The van der Waals surface area contributed by atoms with E-state index in [2.05, 4.69) is 27.7 Å². The lowest BCUT2D eigenvalue weighted by Crippen LogP contribution is -2.66. The third-order valence-corrected chi connectivity index (χ3v) is 11.3. The molecule has 4 rings (SSSR count). The maximum atomic E-state index is 11.7. The maximum absolute atomic E-state index is 11.7. The maximum Gasteiger partial charge on any atom is 0.305 e. The Morgan fingerprint density at radius 1 is 1.06 bits per heavy atom. The molecular weight excluding hydrogens is 392 g/mol. The monoisotopic (exact) mass is 436 g/mol. The molecule has 0 heterocycles. The summed E-state index contributed by atoms with van der Waals surface area (Å²) in [5.74, 6) is 1.32. The number of ether oxygens (including phenoxy) is 1. The first kappa shape index (κ1) is 23.5. The van der Waals surface area contributed by atoms with Crippen molar-refractivity contribution in [2.75, 3.05) is 7.11 Å². The van der Waals surface area contributed by atoms with E-state index in [0.717, 1.165) is 51.4 Å². The van der Waals surface area contributed by atoms with Crippen molar-refractivity contribution in [2.45, 2.75) is 104 Å². The summed E-state index contributed by atoms with van der Waals surface area (Å²) in [5, 5.41) is 33.4. The van der Waals surface area contributed by atoms with Gasteiger partial charge in [0.1, 0.15) is 0 Å². The van der Waals surface area contributed by atoms with Gasteiger partial charge in [-0.15, -0.1) is 0 Å². The van der Waals surface area contributed by atoms with Crippen molar-refractivity contribution in [3.05, 3.63) is 0 Å². The largest absolute Gasteiger partial charge is 0.469 e. The highest BCUT2D eigenvalue weighted by Gasteiger charge is 2.70. The first-order chi connectivity index (χ1) is 14.5. The molecule has 0 aromatic rings. The Bertz CT molecular complexity index is 695. The van der Waals surface area contributed by atoms with Gasteiger partial charge in [0.25, 0.3) is 0 Å². The number of aliphatic hydroxyl groups excluding tert-OH is 3. The molecule has 5 nitrogen and oxygen atoms in total. The van der Waals surface area contributed by atoms with Crippen molar-refractivity contribution in [3.8, 4) is 0 Å². The van der Waals surface area contributed by atoms with Crippen molar-refractivity contribution >= 4 is 5.97 Å². The molecule has 0 saturated heterocycles. The summed E-state index contributed by atoms with van der Waals surface area (Å²) in [5.41, 5.74) is -0.298. The van der Waals surface area contributed by atoms with E-state index in [1.165, 1.54) is 7.11 Å². The number of carbonyl (C=O) groups is 1. The molecule has 5 heteroatoms. The predicted octanol–water partition coefficient (Wildman–Crippen LogP) is 3.93. The highest BCUT2D eigenvalue weighted by atomic mass is 16.5. The standard InChI is InChI=1S/C26H44O5/c1-15(6-7-22(30)31-5)18-9-11-25(3)23-19(14-21(29)26(18,25)4)24(2)10-8-17(27)12-16(24)13-20(23)28/h15-21,23,27-29H,6-14H2,1-5H3/t15-,16+,17-,18-,19+,20-,21+,23+,24+,25+,26+/m1/s1. The van der Waals surface area contributed by atoms with Crippen LogP contribution in [0.3, 0.4) is 0 Å². The Balaban J connectivity index is 1.64. The fraction of sp³-hybridized carbons (Fsp3) is 0.962. The third kappa shape index (κ3) is 3.32. The van der Waals surface area contributed by atoms with E-state index in [9.17, 15) is 20.1 Å². The van der Waals surface area contributed by atoms with Gasteiger partial charge in [-0.25, -0.2) is 0 Å². The summed E-state index contributed by atoms with van der Waals surface area (Å²) < 4.78 is 4.85. The minimum absolute atomic E-state index is 0.0863. The second-order valence-corrected chi connectivity index (χ2v) is 12.3. The molecule has 4 aliphatic rings.